The molecule has 4 N–H and O–H groups in total. The second-order valence-corrected chi connectivity index (χ2v) is 4.25. The predicted molar refractivity (Wildman–Crippen MR) is 54.1 cm³/mol. The van der Waals surface area contributed by atoms with Crippen molar-refractivity contribution in [3.05, 3.63) is 0 Å². The molecule has 1 saturated heterocycles. The molecule has 6 nitrogen and oxygen atoms in total. The minimum Gasteiger partial charge on any atom is -0.335 e. The van der Waals surface area contributed by atoms with Gasteiger partial charge in [0.25, 0.3) is 0 Å². The molecule has 0 radical (unpaired) electrons. The fraction of sp³-hybridized carbons (Fsp3) is 0.778. The van der Waals surface area contributed by atoms with Gasteiger partial charge in [-0.15, -0.1) is 0 Å². The minimum absolute atomic E-state index is 0.179. The Hall–Kier alpha value is -1.14. The molecule has 0 aromatic carbocycles. The first-order valence-electron chi connectivity index (χ1n) is 5.22. The molecule has 3 amide bonds. The van der Waals surface area contributed by atoms with Crippen LogP contribution in [0.25, 0.3) is 0 Å². The van der Waals surface area contributed by atoms with Crippen LogP contribution in [0.1, 0.15) is 12.8 Å². The Morgan fingerprint density at radius 3 is 2.53 bits per heavy atom. The predicted octanol–water partition coefficient (Wildman–Crippen LogP) is -1.38. The molecular weight excluding hydrogens is 196 g/mol. The smallest absolute Gasteiger partial charge is 0.321 e. The first kappa shape index (κ1) is 10.4. The average Bonchev–Trinajstić information content (AvgIpc) is 2.84. The number of nitrogens with zero attached hydrogens (tertiary/aromatic N) is 1. The van der Waals surface area contributed by atoms with Gasteiger partial charge in [0.15, 0.2) is 0 Å². The van der Waals surface area contributed by atoms with Crippen LogP contribution >= 0.6 is 0 Å². The van der Waals surface area contributed by atoms with Gasteiger partial charge in [0, 0.05) is 25.2 Å². The summed E-state index contributed by atoms with van der Waals surface area (Å²) in [6.45, 7) is 1.72. The number of rotatable bonds is 3. The maximum Gasteiger partial charge on any atom is 0.321 e. The number of hydrogen-bond donors (Lipinski definition) is 3. The number of carbonyl (C=O) groups is 2. The van der Waals surface area contributed by atoms with Crippen molar-refractivity contribution >= 4 is 11.9 Å². The highest BCUT2D eigenvalue weighted by Gasteiger charge is 2.27. The lowest BCUT2D eigenvalue weighted by molar-refractivity contribution is -0.122. The minimum atomic E-state index is -0.382. The lowest BCUT2D eigenvalue weighted by Crippen LogP contribution is -2.58. The van der Waals surface area contributed by atoms with Gasteiger partial charge in [-0.3, -0.25) is 15.0 Å². The zero-order valence-corrected chi connectivity index (χ0v) is 8.53. The molecule has 1 saturated carbocycles. The van der Waals surface area contributed by atoms with Crippen molar-refractivity contribution in [3.63, 3.8) is 0 Å². The van der Waals surface area contributed by atoms with Crippen LogP contribution in [0.3, 0.4) is 0 Å². The number of imide groups is 1. The van der Waals surface area contributed by atoms with Gasteiger partial charge >= 0.3 is 6.03 Å². The molecule has 1 heterocycles. The van der Waals surface area contributed by atoms with Crippen molar-refractivity contribution < 1.29 is 9.59 Å². The van der Waals surface area contributed by atoms with Gasteiger partial charge in [0.1, 0.15) is 0 Å². The quantitative estimate of drug-likeness (QED) is 0.538. The number of hydrogen-bond acceptors (Lipinski definition) is 4. The van der Waals surface area contributed by atoms with Crippen LogP contribution in [0, 0.1) is 0 Å². The van der Waals surface area contributed by atoms with E-state index in [9.17, 15) is 9.59 Å². The molecule has 0 atom stereocenters. The summed E-state index contributed by atoms with van der Waals surface area (Å²) in [6.07, 6.45) is 2.03. The lowest BCUT2D eigenvalue weighted by atomic mass is 10.1. The Bertz CT molecular complexity index is 271. The molecule has 2 fully saturated rings. The van der Waals surface area contributed by atoms with Gasteiger partial charge in [-0.1, -0.05) is 0 Å². The molecule has 1 aliphatic carbocycles. The summed E-state index contributed by atoms with van der Waals surface area (Å²) in [7, 11) is 0. The highest BCUT2D eigenvalue weighted by molar-refractivity contribution is 5.95. The van der Waals surface area contributed by atoms with Crippen LogP contribution in [0.4, 0.5) is 4.79 Å². The molecule has 0 unspecified atom stereocenters. The Kier molecular flexibility index (Phi) is 2.88. The molecule has 2 rings (SSSR count). The van der Waals surface area contributed by atoms with E-state index in [1.807, 2.05) is 4.90 Å². The van der Waals surface area contributed by atoms with Gasteiger partial charge in [-0.2, -0.15) is 0 Å². The molecule has 6 heteroatoms. The van der Waals surface area contributed by atoms with E-state index in [0.29, 0.717) is 0 Å². The second kappa shape index (κ2) is 4.16. The Morgan fingerprint density at radius 2 is 2.00 bits per heavy atom. The van der Waals surface area contributed by atoms with Gasteiger partial charge in [0.05, 0.1) is 6.54 Å². The van der Waals surface area contributed by atoms with Crippen LogP contribution in [0.5, 0.6) is 0 Å². The fourth-order valence-electron chi connectivity index (χ4n) is 1.56. The van der Waals surface area contributed by atoms with E-state index in [0.717, 1.165) is 25.9 Å². The molecule has 0 aromatic rings. The highest BCUT2D eigenvalue weighted by Crippen LogP contribution is 2.18. The maximum absolute atomic E-state index is 11.3. The second-order valence-electron chi connectivity index (χ2n) is 4.25. The third kappa shape index (κ3) is 3.17. The fourth-order valence-corrected chi connectivity index (χ4v) is 1.56. The summed E-state index contributed by atoms with van der Waals surface area (Å²) < 4.78 is 0. The van der Waals surface area contributed by atoms with Crippen LogP contribution in [-0.2, 0) is 4.79 Å². The largest absolute Gasteiger partial charge is 0.335 e. The number of carbonyl (C=O) groups excluding carboxylic acids is 2. The third-order valence-electron chi connectivity index (χ3n) is 2.52. The van der Waals surface area contributed by atoms with E-state index in [1.54, 1.807) is 0 Å². The lowest BCUT2D eigenvalue weighted by Gasteiger charge is -2.35. The van der Waals surface area contributed by atoms with Gasteiger partial charge in [-0.05, 0) is 12.8 Å². The Balaban J connectivity index is 1.61. The van der Waals surface area contributed by atoms with E-state index < -0.39 is 0 Å². The molecule has 0 bridgehead atoms. The molecule has 84 valence electrons. The topological polar surface area (TPSA) is 87.5 Å². The molecule has 0 spiro atoms. The standard InChI is InChI=1S/C9H16N4O2/c10-6-3-13(4-6)5-8(14)12-9(15)11-7-1-2-7/h6-7H,1-5,10H2,(H2,11,12,14,15). The number of urea groups is 1. The maximum atomic E-state index is 11.3. The zero-order valence-electron chi connectivity index (χ0n) is 8.53. The summed E-state index contributed by atoms with van der Waals surface area (Å²) in [5, 5.41) is 4.98. The molecule has 0 aromatic heterocycles. The molecule has 15 heavy (non-hydrogen) atoms. The Labute approximate surface area is 88.2 Å². The summed E-state index contributed by atoms with van der Waals surface area (Å²) >= 11 is 0. The molecule has 1 aliphatic heterocycles. The van der Waals surface area contributed by atoms with Crippen molar-refractivity contribution in [2.24, 2.45) is 5.73 Å². The van der Waals surface area contributed by atoms with Crippen molar-refractivity contribution in [3.8, 4) is 0 Å². The third-order valence-corrected chi connectivity index (χ3v) is 2.52. The number of amides is 3. The van der Waals surface area contributed by atoms with E-state index in [2.05, 4.69) is 10.6 Å². The summed E-state index contributed by atoms with van der Waals surface area (Å²) in [4.78, 5) is 24.4. The van der Waals surface area contributed by atoms with Gasteiger partial charge in [-0.25, -0.2) is 4.79 Å². The monoisotopic (exact) mass is 212 g/mol. The van der Waals surface area contributed by atoms with E-state index >= 15 is 0 Å². The van der Waals surface area contributed by atoms with Crippen LogP contribution in [-0.4, -0.2) is 48.6 Å². The van der Waals surface area contributed by atoms with E-state index in [-0.39, 0.29) is 30.6 Å². The summed E-state index contributed by atoms with van der Waals surface area (Å²) in [5.41, 5.74) is 5.57. The van der Waals surface area contributed by atoms with Crippen molar-refractivity contribution in [1.29, 1.82) is 0 Å². The summed E-state index contributed by atoms with van der Waals surface area (Å²) in [6, 6.07) is 0.0700. The first-order valence-corrected chi connectivity index (χ1v) is 5.22. The van der Waals surface area contributed by atoms with Crippen molar-refractivity contribution in [1.82, 2.24) is 15.5 Å². The highest BCUT2D eigenvalue weighted by atomic mass is 16.2. The summed E-state index contributed by atoms with van der Waals surface area (Å²) in [5.74, 6) is -0.264. The van der Waals surface area contributed by atoms with Crippen LogP contribution in [0.2, 0.25) is 0 Å². The zero-order chi connectivity index (χ0) is 10.8. The molecular formula is C9H16N4O2. The van der Waals surface area contributed by atoms with Crippen LogP contribution in [0.15, 0.2) is 0 Å². The normalized spacial score (nSPS) is 21.9. The Morgan fingerprint density at radius 1 is 1.33 bits per heavy atom. The average molecular weight is 212 g/mol. The number of likely N-dealkylation sites (tertiary alicyclic amines) is 1. The van der Waals surface area contributed by atoms with Crippen LogP contribution < -0.4 is 16.4 Å². The SMILES string of the molecule is NC1CN(CC(=O)NC(=O)NC2CC2)C1. The van der Waals surface area contributed by atoms with E-state index in [4.69, 9.17) is 5.73 Å². The van der Waals surface area contributed by atoms with Crippen molar-refractivity contribution in [2.75, 3.05) is 19.6 Å². The number of nitrogens with two attached hydrogens (primary N) is 1. The van der Waals surface area contributed by atoms with Gasteiger partial charge in [0.2, 0.25) is 5.91 Å². The van der Waals surface area contributed by atoms with Gasteiger partial charge < -0.3 is 11.1 Å². The first-order chi connectivity index (χ1) is 7.13. The van der Waals surface area contributed by atoms with Crippen molar-refractivity contribution in [2.45, 2.75) is 24.9 Å². The molecule has 2 aliphatic rings. The van der Waals surface area contributed by atoms with E-state index in [1.165, 1.54) is 0 Å². The number of nitrogens with one attached hydrogen (secondary N) is 2.